The molecule has 78 valence electrons. The van der Waals surface area contributed by atoms with E-state index in [-0.39, 0.29) is 0 Å². The Bertz CT molecular complexity index is 583. The number of hydrogen-bond acceptors (Lipinski definition) is 1. The number of nitrogens with one attached hydrogen (secondary N) is 1. The van der Waals surface area contributed by atoms with E-state index in [0.717, 1.165) is 20.0 Å². The van der Waals surface area contributed by atoms with Crippen LogP contribution in [-0.4, -0.2) is 9.55 Å². The number of allylic oxidation sites excluding steroid dienone is 1. The third-order valence-electron chi connectivity index (χ3n) is 2.07. The topological polar surface area (TPSA) is 20.7 Å². The molecule has 15 heavy (non-hydrogen) atoms. The van der Waals surface area contributed by atoms with E-state index in [1.54, 1.807) is 0 Å². The predicted molar refractivity (Wildman–Crippen MR) is 72.9 cm³/mol. The highest BCUT2D eigenvalue weighted by Gasteiger charge is 2.04. The Morgan fingerprint density at radius 2 is 2.27 bits per heavy atom. The van der Waals surface area contributed by atoms with Crippen LogP contribution < -0.4 is 0 Å². The Balaban J connectivity index is 2.68. The molecule has 0 bridgehead atoms. The zero-order valence-electron chi connectivity index (χ0n) is 7.76. The fourth-order valence-corrected chi connectivity index (χ4v) is 2.35. The maximum Gasteiger partial charge on any atom is 0.178 e. The van der Waals surface area contributed by atoms with Gasteiger partial charge in [0.1, 0.15) is 0 Å². The highest BCUT2D eigenvalue weighted by Crippen LogP contribution is 2.20. The molecule has 2 aromatic rings. The van der Waals surface area contributed by atoms with E-state index in [0.29, 0.717) is 11.3 Å². The van der Waals surface area contributed by atoms with Gasteiger partial charge in [0.2, 0.25) is 0 Å². The first-order valence-electron chi connectivity index (χ1n) is 4.29. The average molecular weight is 348 g/mol. The second-order valence-corrected chi connectivity index (χ2v) is 5.62. The fraction of sp³-hybridized carbons (Fsp3) is 0.100. The van der Waals surface area contributed by atoms with Gasteiger partial charge in [0.05, 0.1) is 17.6 Å². The van der Waals surface area contributed by atoms with Gasteiger partial charge in [-0.15, -0.1) is 0 Å². The molecule has 0 spiro atoms. The van der Waals surface area contributed by atoms with Crippen molar-refractivity contribution in [3.63, 3.8) is 0 Å². The van der Waals surface area contributed by atoms with E-state index in [9.17, 15) is 0 Å². The second kappa shape index (κ2) is 4.23. The van der Waals surface area contributed by atoms with Gasteiger partial charge in [-0.1, -0.05) is 38.4 Å². The van der Waals surface area contributed by atoms with Crippen LogP contribution in [0.15, 0.2) is 33.7 Å². The van der Waals surface area contributed by atoms with Crippen LogP contribution in [-0.2, 0) is 6.54 Å². The monoisotopic (exact) mass is 346 g/mol. The van der Waals surface area contributed by atoms with E-state index in [1.165, 1.54) is 0 Å². The minimum absolute atomic E-state index is 0.681. The summed E-state index contributed by atoms with van der Waals surface area (Å²) in [7, 11) is 0. The molecule has 1 aromatic heterocycles. The average Bonchev–Trinajstić information content (AvgIpc) is 2.41. The highest BCUT2D eigenvalue weighted by atomic mass is 79.9. The van der Waals surface area contributed by atoms with Crippen LogP contribution in [0, 0.1) is 4.77 Å². The summed E-state index contributed by atoms with van der Waals surface area (Å²) in [6.07, 6.45) is 0. The summed E-state index contributed by atoms with van der Waals surface area (Å²) in [4.78, 5) is 3.16. The van der Waals surface area contributed by atoms with E-state index >= 15 is 0 Å². The van der Waals surface area contributed by atoms with Gasteiger partial charge >= 0.3 is 0 Å². The molecular formula is C10H8Br2N2S. The molecule has 2 rings (SSSR count). The molecule has 0 unspecified atom stereocenters. The largest absolute Gasteiger partial charge is 0.331 e. The van der Waals surface area contributed by atoms with Crippen molar-refractivity contribution >= 4 is 55.1 Å². The van der Waals surface area contributed by atoms with Crippen molar-refractivity contribution in [2.45, 2.75) is 6.54 Å². The molecule has 2 nitrogen and oxygen atoms in total. The molecule has 0 aliphatic carbocycles. The van der Waals surface area contributed by atoms with Gasteiger partial charge in [-0.25, -0.2) is 0 Å². The zero-order chi connectivity index (χ0) is 11.0. The molecule has 0 amide bonds. The maximum atomic E-state index is 5.24. The summed E-state index contributed by atoms with van der Waals surface area (Å²) in [6.45, 7) is 4.50. The van der Waals surface area contributed by atoms with E-state index in [1.807, 2.05) is 22.8 Å². The Hall–Kier alpha value is -0.390. The lowest BCUT2D eigenvalue weighted by molar-refractivity contribution is 0.829. The first-order valence-corrected chi connectivity index (χ1v) is 6.28. The van der Waals surface area contributed by atoms with Gasteiger partial charge in [-0.2, -0.15) is 0 Å². The third-order valence-corrected chi connectivity index (χ3v) is 3.13. The Morgan fingerprint density at radius 1 is 1.53 bits per heavy atom. The summed E-state index contributed by atoms with van der Waals surface area (Å²) >= 11 is 12.0. The van der Waals surface area contributed by atoms with Crippen molar-refractivity contribution in [3.05, 3.63) is 38.5 Å². The van der Waals surface area contributed by atoms with Gasteiger partial charge in [0, 0.05) is 8.96 Å². The van der Waals surface area contributed by atoms with Crippen molar-refractivity contribution in [1.82, 2.24) is 9.55 Å². The molecule has 0 atom stereocenters. The molecule has 0 saturated carbocycles. The molecule has 1 N–H and O–H groups in total. The zero-order valence-corrected chi connectivity index (χ0v) is 11.7. The van der Waals surface area contributed by atoms with Crippen LogP contribution in [0.3, 0.4) is 0 Å². The van der Waals surface area contributed by atoms with Crippen LogP contribution in [0.5, 0.6) is 0 Å². The Morgan fingerprint density at radius 3 is 2.93 bits per heavy atom. The maximum absolute atomic E-state index is 5.24. The number of halogens is 2. The van der Waals surface area contributed by atoms with E-state index < -0.39 is 0 Å². The number of rotatable bonds is 2. The number of fused-ring (bicyclic) bond motifs is 1. The molecular weight excluding hydrogens is 340 g/mol. The predicted octanol–water partition coefficient (Wildman–Crippen LogP) is 4.37. The molecule has 0 radical (unpaired) electrons. The normalized spacial score (nSPS) is 10.8. The number of H-pyrrole nitrogens is 1. The summed E-state index contributed by atoms with van der Waals surface area (Å²) in [5.41, 5.74) is 2.12. The molecule has 1 heterocycles. The van der Waals surface area contributed by atoms with Gasteiger partial charge < -0.3 is 9.55 Å². The van der Waals surface area contributed by atoms with Crippen LogP contribution >= 0.6 is 44.1 Å². The molecule has 0 aliphatic rings. The number of benzene rings is 1. The lowest BCUT2D eigenvalue weighted by Gasteiger charge is -2.02. The lowest BCUT2D eigenvalue weighted by Crippen LogP contribution is -1.96. The van der Waals surface area contributed by atoms with Crippen molar-refractivity contribution in [1.29, 1.82) is 0 Å². The molecule has 1 aromatic carbocycles. The van der Waals surface area contributed by atoms with Crippen molar-refractivity contribution in [3.8, 4) is 0 Å². The van der Waals surface area contributed by atoms with Gasteiger partial charge in [-0.3, -0.25) is 0 Å². The van der Waals surface area contributed by atoms with Crippen molar-refractivity contribution < 1.29 is 0 Å². The summed E-state index contributed by atoms with van der Waals surface area (Å²) in [5, 5.41) is 0. The molecule has 0 fully saturated rings. The molecule has 0 saturated heterocycles. The highest BCUT2D eigenvalue weighted by molar-refractivity contribution is 9.11. The van der Waals surface area contributed by atoms with E-state index in [4.69, 9.17) is 12.2 Å². The third kappa shape index (κ3) is 2.24. The number of hydrogen-bond donors (Lipinski definition) is 1. The number of aromatic nitrogens is 2. The van der Waals surface area contributed by atoms with Crippen LogP contribution in [0.2, 0.25) is 0 Å². The minimum Gasteiger partial charge on any atom is -0.331 e. The van der Waals surface area contributed by atoms with Crippen LogP contribution in [0.1, 0.15) is 0 Å². The first-order chi connectivity index (χ1) is 7.08. The summed E-state index contributed by atoms with van der Waals surface area (Å²) in [6, 6.07) is 6.04. The first kappa shape index (κ1) is 11.1. The Kier molecular flexibility index (Phi) is 3.13. The smallest absolute Gasteiger partial charge is 0.178 e. The quantitative estimate of drug-likeness (QED) is 0.800. The standard InChI is InChI=1S/C10H8Br2N2S/c1-6(11)5-14-9-3-2-7(12)4-8(9)13-10(14)15/h2-4H,1,5H2,(H,13,15). The van der Waals surface area contributed by atoms with Crippen LogP contribution in [0.25, 0.3) is 11.0 Å². The summed E-state index contributed by atoms with van der Waals surface area (Å²) in [5.74, 6) is 0. The minimum atomic E-state index is 0.681. The van der Waals surface area contributed by atoms with Gasteiger partial charge in [0.15, 0.2) is 4.77 Å². The summed E-state index contributed by atoms with van der Waals surface area (Å²) < 4.78 is 4.66. The van der Waals surface area contributed by atoms with Crippen LogP contribution in [0.4, 0.5) is 0 Å². The molecule has 0 aliphatic heterocycles. The van der Waals surface area contributed by atoms with Gasteiger partial charge in [-0.05, 0) is 30.4 Å². The SMILES string of the molecule is C=C(Br)Cn1c(=S)[nH]c2cc(Br)ccc21. The number of imidazole rings is 1. The lowest BCUT2D eigenvalue weighted by atomic mass is 10.3. The van der Waals surface area contributed by atoms with Gasteiger partial charge in [0.25, 0.3) is 0 Å². The second-order valence-electron chi connectivity index (χ2n) is 3.20. The van der Waals surface area contributed by atoms with Crippen molar-refractivity contribution in [2.75, 3.05) is 0 Å². The fourth-order valence-electron chi connectivity index (χ4n) is 1.46. The van der Waals surface area contributed by atoms with E-state index in [2.05, 4.69) is 43.4 Å². The molecule has 5 heteroatoms. The number of aromatic amines is 1. The number of nitrogens with zero attached hydrogens (tertiary/aromatic N) is 1. The Labute approximate surface area is 109 Å². The van der Waals surface area contributed by atoms with Crippen molar-refractivity contribution in [2.24, 2.45) is 0 Å².